The van der Waals surface area contributed by atoms with E-state index >= 15 is 0 Å². The summed E-state index contributed by atoms with van der Waals surface area (Å²) >= 11 is 1.86. The van der Waals surface area contributed by atoms with Crippen LogP contribution < -0.4 is 10.1 Å². The number of nitrogens with one attached hydrogen (secondary N) is 1. The molecule has 0 spiro atoms. The fourth-order valence-electron chi connectivity index (χ4n) is 3.07. The number of hydrogen-bond acceptors (Lipinski definition) is 4. The van der Waals surface area contributed by atoms with Crippen LogP contribution in [0.2, 0.25) is 0 Å². The van der Waals surface area contributed by atoms with Crippen LogP contribution in [0.1, 0.15) is 28.8 Å². The van der Waals surface area contributed by atoms with E-state index in [4.69, 9.17) is 4.74 Å². The maximum absolute atomic E-state index is 11.9. The lowest BCUT2D eigenvalue weighted by Crippen LogP contribution is -2.37. The summed E-state index contributed by atoms with van der Waals surface area (Å²) in [5.74, 6) is 1.02. The molecular formula is C20H26N2O2S. The summed E-state index contributed by atoms with van der Waals surface area (Å²) in [5, 5.41) is 5.20. The van der Waals surface area contributed by atoms with Gasteiger partial charge in [-0.15, -0.1) is 11.3 Å². The first-order valence-electron chi connectivity index (χ1n) is 8.95. The van der Waals surface area contributed by atoms with Crippen molar-refractivity contribution in [2.24, 2.45) is 0 Å². The Balaban J connectivity index is 1.27. The molecule has 3 rings (SSSR count). The molecule has 1 aromatic heterocycles. The molecule has 1 amide bonds. The van der Waals surface area contributed by atoms with Crippen LogP contribution >= 0.6 is 11.3 Å². The number of fused-ring (bicyclic) bond motifs is 1. The summed E-state index contributed by atoms with van der Waals surface area (Å²) < 4.78 is 5.73. The zero-order valence-electron chi connectivity index (χ0n) is 14.8. The third-order valence-corrected chi connectivity index (χ3v) is 5.56. The van der Waals surface area contributed by atoms with Gasteiger partial charge in [-0.25, -0.2) is 0 Å². The average molecular weight is 359 g/mol. The third-order valence-electron chi connectivity index (χ3n) is 4.54. The molecule has 0 saturated carbocycles. The maximum atomic E-state index is 11.9. The number of benzene rings is 1. The van der Waals surface area contributed by atoms with Crippen LogP contribution in [0.3, 0.4) is 0 Å². The lowest BCUT2D eigenvalue weighted by molar-refractivity contribution is -0.121. The zero-order valence-corrected chi connectivity index (χ0v) is 15.6. The van der Waals surface area contributed by atoms with Crippen molar-refractivity contribution in [1.29, 1.82) is 0 Å². The second-order valence-corrected chi connectivity index (χ2v) is 7.46. The number of nitrogens with zero attached hydrogens (tertiary/aromatic N) is 1. The van der Waals surface area contributed by atoms with Gasteiger partial charge < -0.3 is 10.1 Å². The predicted molar refractivity (Wildman–Crippen MR) is 102 cm³/mol. The van der Waals surface area contributed by atoms with Gasteiger partial charge in [0.2, 0.25) is 5.91 Å². The van der Waals surface area contributed by atoms with Gasteiger partial charge in [-0.1, -0.05) is 18.2 Å². The molecule has 2 heterocycles. The van der Waals surface area contributed by atoms with E-state index in [9.17, 15) is 4.79 Å². The van der Waals surface area contributed by atoms with E-state index in [1.165, 1.54) is 10.4 Å². The summed E-state index contributed by atoms with van der Waals surface area (Å²) in [4.78, 5) is 15.9. The molecule has 2 aromatic rings. The van der Waals surface area contributed by atoms with Gasteiger partial charge in [-0.2, -0.15) is 0 Å². The molecule has 0 fully saturated rings. The van der Waals surface area contributed by atoms with E-state index in [-0.39, 0.29) is 5.91 Å². The molecule has 25 heavy (non-hydrogen) atoms. The van der Waals surface area contributed by atoms with Crippen LogP contribution in [-0.2, 0) is 17.8 Å². The SMILES string of the molecule is Cc1ccccc1OCCCC(=O)NCCN1CCc2sccc2C1. The Bertz CT molecular complexity index is 699. The fraction of sp³-hybridized carbons (Fsp3) is 0.450. The maximum Gasteiger partial charge on any atom is 0.220 e. The van der Waals surface area contributed by atoms with Crippen LogP contribution in [-0.4, -0.2) is 37.0 Å². The highest BCUT2D eigenvalue weighted by atomic mass is 32.1. The molecule has 0 atom stereocenters. The van der Waals surface area contributed by atoms with Gasteiger partial charge in [0.25, 0.3) is 0 Å². The van der Waals surface area contributed by atoms with Gasteiger partial charge in [-0.05, 0) is 48.4 Å². The number of aryl methyl sites for hydroxylation is 1. The molecule has 1 N–H and O–H groups in total. The van der Waals surface area contributed by atoms with E-state index in [2.05, 4.69) is 21.7 Å². The molecule has 0 radical (unpaired) electrons. The van der Waals surface area contributed by atoms with Crippen molar-refractivity contribution < 1.29 is 9.53 Å². The zero-order chi connectivity index (χ0) is 17.5. The van der Waals surface area contributed by atoms with E-state index in [1.807, 2.05) is 42.5 Å². The van der Waals surface area contributed by atoms with E-state index in [1.54, 1.807) is 0 Å². The van der Waals surface area contributed by atoms with Crippen molar-refractivity contribution in [3.8, 4) is 5.75 Å². The number of hydrogen-bond donors (Lipinski definition) is 1. The monoisotopic (exact) mass is 358 g/mol. The van der Waals surface area contributed by atoms with Gasteiger partial charge in [0.05, 0.1) is 6.61 Å². The molecular weight excluding hydrogens is 332 g/mol. The predicted octanol–water partition coefficient (Wildman–Crippen LogP) is 3.39. The topological polar surface area (TPSA) is 41.6 Å². The molecule has 134 valence electrons. The van der Waals surface area contributed by atoms with Gasteiger partial charge in [-0.3, -0.25) is 9.69 Å². The largest absolute Gasteiger partial charge is 0.493 e. The molecule has 1 aliphatic heterocycles. The molecule has 0 bridgehead atoms. The van der Waals surface area contributed by atoms with E-state index in [0.29, 0.717) is 13.0 Å². The molecule has 4 nitrogen and oxygen atoms in total. The standard InChI is InChI=1S/C20H26N2O2S/c1-16-5-2-3-6-18(16)24-13-4-7-20(23)21-10-12-22-11-8-19-17(15-22)9-14-25-19/h2-3,5-6,9,14H,4,7-8,10-13,15H2,1H3,(H,21,23). The Morgan fingerprint density at radius 1 is 1.32 bits per heavy atom. The highest BCUT2D eigenvalue weighted by Gasteiger charge is 2.16. The Hall–Kier alpha value is -1.85. The third kappa shape index (κ3) is 5.31. The molecule has 1 aromatic carbocycles. The molecule has 5 heteroatoms. The minimum Gasteiger partial charge on any atom is -0.493 e. The lowest BCUT2D eigenvalue weighted by Gasteiger charge is -2.26. The van der Waals surface area contributed by atoms with Crippen molar-refractivity contribution in [3.05, 3.63) is 51.7 Å². The first-order chi connectivity index (χ1) is 12.2. The Labute approximate surface area is 153 Å². The van der Waals surface area contributed by atoms with Crippen molar-refractivity contribution in [3.63, 3.8) is 0 Å². The van der Waals surface area contributed by atoms with Crippen molar-refractivity contribution >= 4 is 17.2 Å². The Kier molecular flexibility index (Phi) is 6.48. The summed E-state index contributed by atoms with van der Waals surface area (Å²) in [6.07, 6.45) is 2.39. The van der Waals surface area contributed by atoms with Crippen LogP contribution in [0, 0.1) is 6.92 Å². The van der Waals surface area contributed by atoms with Crippen LogP contribution in [0.4, 0.5) is 0 Å². The summed E-state index contributed by atoms with van der Waals surface area (Å²) in [6, 6.07) is 10.2. The van der Waals surface area contributed by atoms with Gasteiger partial charge in [0.15, 0.2) is 0 Å². The minimum absolute atomic E-state index is 0.113. The second-order valence-electron chi connectivity index (χ2n) is 6.46. The van der Waals surface area contributed by atoms with Crippen molar-refractivity contribution in [2.45, 2.75) is 32.7 Å². The Morgan fingerprint density at radius 3 is 3.08 bits per heavy atom. The number of para-hydroxylation sites is 1. The average Bonchev–Trinajstić information content (AvgIpc) is 3.08. The van der Waals surface area contributed by atoms with E-state index < -0.39 is 0 Å². The van der Waals surface area contributed by atoms with E-state index in [0.717, 1.165) is 50.3 Å². The summed E-state index contributed by atoms with van der Waals surface area (Å²) in [6.45, 7) is 6.34. The number of ether oxygens (including phenoxy) is 1. The van der Waals surface area contributed by atoms with Crippen molar-refractivity contribution in [1.82, 2.24) is 10.2 Å². The van der Waals surface area contributed by atoms with Crippen LogP contribution in [0.15, 0.2) is 35.7 Å². The second kappa shape index (κ2) is 9.02. The lowest BCUT2D eigenvalue weighted by atomic mass is 10.1. The normalized spacial score (nSPS) is 14.1. The molecule has 0 unspecified atom stereocenters. The first-order valence-corrected chi connectivity index (χ1v) is 9.83. The number of thiophene rings is 1. The fourth-order valence-corrected chi connectivity index (χ4v) is 3.96. The first kappa shape index (κ1) is 18.0. The number of amides is 1. The highest BCUT2D eigenvalue weighted by Crippen LogP contribution is 2.23. The minimum atomic E-state index is 0.113. The highest BCUT2D eigenvalue weighted by molar-refractivity contribution is 7.10. The van der Waals surface area contributed by atoms with Gasteiger partial charge >= 0.3 is 0 Å². The summed E-state index contributed by atoms with van der Waals surface area (Å²) in [7, 11) is 0. The smallest absolute Gasteiger partial charge is 0.220 e. The molecule has 1 aliphatic rings. The number of rotatable bonds is 8. The van der Waals surface area contributed by atoms with Gasteiger partial charge in [0.1, 0.15) is 5.75 Å². The van der Waals surface area contributed by atoms with Crippen LogP contribution in [0.25, 0.3) is 0 Å². The number of carbonyl (C=O) groups is 1. The van der Waals surface area contributed by atoms with Crippen LogP contribution in [0.5, 0.6) is 5.75 Å². The van der Waals surface area contributed by atoms with Crippen molar-refractivity contribution in [2.75, 3.05) is 26.2 Å². The number of carbonyl (C=O) groups excluding carboxylic acids is 1. The summed E-state index contributed by atoms with van der Waals surface area (Å²) in [5.41, 5.74) is 2.58. The molecule has 0 saturated heterocycles. The Morgan fingerprint density at radius 2 is 2.20 bits per heavy atom. The quantitative estimate of drug-likeness (QED) is 0.736. The van der Waals surface area contributed by atoms with Gasteiger partial charge in [0, 0.05) is 37.5 Å². The molecule has 0 aliphatic carbocycles.